The minimum atomic E-state index is 0.00382. The smallest absolute Gasteiger partial charge is 0.157 e. The molecule has 0 aliphatic carbocycles. The minimum absolute atomic E-state index is 0.00382. The second kappa shape index (κ2) is 5.28. The number of rotatable bonds is 4. The van der Waals surface area contributed by atoms with Crippen molar-refractivity contribution in [2.75, 3.05) is 13.2 Å². The van der Waals surface area contributed by atoms with Gasteiger partial charge in [0.25, 0.3) is 0 Å². The Labute approximate surface area is 90.0 Å². The van der Waals surface area contributed by atoms with Crippen LogP contribution in [0.15, 0.2) is 12.3 Å². The number of nitrogens with one attached hydrogen (secondary N) is 1. The van der Waals surface area contributed by atoms with Crippen LogP contribution in [0.2, 0.25) is 0 Å². The van der Waals surface area contributed by atoms with Gasteiger partial charge >= 0.3 is 0 Å². The first-order valence-electron chi connectivity index (χ1n) is 5.59. The Morgan fingerprint density at radius 3 is 3.27 bits per heavy atom. The molecule has 2 rings (SSSR count). The van der Waals surface area contributed by atoms with Gasteiger partial charge in [0.15, 0.2) is 6.29 Å². The van der Waals surface area contributed by atoms with Crippen LogP contribution in [0.3, 0.4) is 0 Å². The Kier molecular flexibility index (Phi) is 3.75. The maximum absolute atomic E-state index is 5.70. The largest absolute Gasteiger partial charge is 0.353 e. The fourth-order valence-corrected chi connectivity index (χ4v) is 1.73. The highest BCUT2D eigenvalue weighted by Gasteiger charge is 2.16. The van der Waals surface area contributed by atoms with Gasteiger partial charge in [-0.2, -0.15) is 5.10 Å². The van der Waals surface area contributed by atoms with E-state index in [2.05, 4.69) is 17.1 Å². The standard InChI is InChI=1S/C11H18N2O2/c1-9(10-5-6-12-13-10)8-15-11-4-2-3-7-14-11/h5-6,9,11H,2-4,7-8H2,1H3,(H,12,13). The molecule has 0 aromatic carbocycles. The number of aromatic amines is 1. The topological polar surface area (TPSA) is 47.1 Å². The number of H-pyrrole nitrogens is 1. The summed E-state index contributed by atoms with van der Waals surface area (Å²) in [7, 11) is 0. The highest BCUT2D eigenvalue weighted by atomic mass is 16.7. The van der Waals surface area contributed by atoms with Crippen molar-refractivity contribution in [3.8, 4) is 0 Å². The van der Waals surface area contributed by atoms with E-state index in [9.17, 15) is 0 Å². The fraction of sp³-hybridized carbons (Fsp3) is 0.727. The Hall–Kier alpha value is -0.870. The maximum atomic E-state index is 5.70. The molecule has 1 fully saturated rings. The van der Waals surface area contributed by atoms with Gasteiger partial charge in [-0.05, 0) is 25.3 Å². The Morgan fingerprint density at radius 1 is 1.67 bits per heavy atom. The molecular formula is C11H18N2O2. The van der Waals surface area contributed by atoms with E-state index < -0.39 is 0 Å². The van der Waals surface area contributed by atoms with Crippen LogP contribution in [0, 0.1) is 0 Å². The summed E-state index contributed by atoms with van der Waals surface area (Å²) in [5.74, 6) is 0.345. The molecule has 2 heterocycles. The predicted molar refractivity (Wildman–Crippen MR) is 56.5 cm³/mol. The first-order chi connectivity index (χ1) is 7.36. The van der Waals surface area contributed by atoms with Gasteiger partial charge in [-0.25, -0.2) is 0 Å². The Bertz CT molecular complexity index is 268. The van der Waals surface area contributed by atoms with Crippen molar-refractivity contribution < 1.29 is 9.47 Å². The van der Waals surface area contributed by atoms with Gasteiger partial charge in [-0.1, -0.05) is 6.92 Å². The summed E-state index contributed by atoms with van der Waals surface area (Å²) in [6.07, 6.45) is 5.17. The SMILES string of the molecule is CC(COC1CCCCO1)c1ccn[nH]1. The third kappa shape index (κ3) is 3.04. The molecule has 0 spiro atoms. The van der Waals surface area contributed by atoms with E-state index in [1.807, 2.05) is 6.07 Å². The van der Waals surface area contributed by atoms with Gasteiger partial charge in [-0.3, -0.25) is 5.10 Å². The summed E-state index contributed by atoms with van der Waals surface area (Å²) in [4.78, 5) is 0. The molecule has 0 saturated carbocycles. The van der Waals surface area contributed by atoms with Crippen LogP contribution in [-0.4, -0.2) is 29.7 Å². The van der Waals surface area contributed by atoms with Crippen LogP contribution >= 0.6 is 0 Å². The van der Waals surface area contributed by atoms with Crippen LogP contribution in [0.4, 0.5) is 0 Å². The van der Waals surface area contributed by atoms with Gasteiger partial charge < -0.3 is 9.47 Å². The van der Waals surface area contributed by atoms with Gasteiger partial charge in [0.05, 0.1) is 6.61 Å². The molecular weight excluding hydrogens is 192 g/mol. The van der Waals surface area contributed by atoms with E-state index in [0.717, 1.165) is 25.1 Å². The lowest BCUT2D eigenvalue weighted by atomic mass is 10.1. The van der Waals surface area contributed by atoms with E-state index in [4.69, 9.17) is 9.47 Å². The Morgan fingerprint density at radius 2 is 2.60 bits per heavy atom. The molecule has 1 N–H and O–H groups in total. The summed E-state index contributed by atoms with van der Waals surface area (Å²) in [5.41, 5.74) is 1.12. The Balaban J connectivity index is 1.73. The van der Waals surface area contributed by atoms with Crippen LogP contribution in [0.25, 0.3) is 0 Å². The summed E-state index contributed by atoms with van der Waals surface area (Å²) in [6, 6.07) is 1.98. The average molecular weight is 210 g/mol. The van der Waals surface area contributed by atoms with Crippen LogP contribution < -0.4 is 0 Å². The highest BCUT2D eigenvalue weighted by molar-refractivity contribution is 5.03. The summed E-state index contributed by atoms with van der Waals surface area (Å²) in [5, 5.41) is 6.88. The van der Waals surface area contributed by atoms with Crippen LogP contribution in [-0.2, 0) is 9.47 Å². The summed E-state index contributed by atoms with van der Waals surface area (Å²) in [6.45, 7) is 3.65. The third-order valence-corrected chi connectivity index (χ3v) is 2.72. The molecule has 1 saturated heterocycles. The lowest BCUT2D eigenvalue weighted by Crippen LogP contribution is -2.24. The molecule has 1 aliphatic heterocycles. The maximum Gasteiger partial charge on any atom is 0.157 e. The molecule has 1 aromatic heterocycles. The monoisotopic (exact) mass is 210 g/mol. The van der Waals surface area contributed by atoms with E-state index in [0.29, 0.717) is 12.5 Å². The average Bonchev–Trinajstić information content (AvgIpc) is 2.81. The molecule has 2 unspecified atom stereocenters. The first-order valence-corrected chi connectivity index (χ1v) is 5.59. The molecule has 0 bridgehead atoms. The van der Waals surface area contributed by atoms with E-state index in [1.54, 1.807) is 6.20 Å². The summed E-state index contributed by atoms with van der Waals surface area (Å²) >= 11 is 0. The number of ether oxygens (including phenoxy) is 2. The van der Waals surface area contributed by atoms with Crippen LogP contribution in [0.1, 0.15) is 37.8 Å². The molecule has 1 aromatic rings. The lowest BCUT2D eigenvalue weighted by Gasteiger charge is -2.23. The van der Waals surface area contributed by atoms with Gasteiger partial charge in [-0.15, -0.1) is 0 Å². The van der Waals surface area contributed by atoms with Gasteiger partial charge in [0, 0.05) is 24.4 Å². The van der Waals surface area contributed by atoms with Crippen molar-refractivity contribution in [1.82, 2.24) is 10.2 Å². The number of nitrogens with zero attached hydrogens (tertiary/aromatic N) is 1. The lowest BCUT2D eigenvalue weighted by molar-refractivity contribution is -0.164. The second-order valence-corrected chi connectivity index (χ2v) is 4.04. The van der Waals surface area contributed by atoms with Crippen molar-refractivity contribution in [2.45, 2.75) is 38.4 Å². The molecule has 4 nitrogen and oxygen atoms in total. The summed E-state index contributed by atoms with van der Waals surface area (Å²) < 4.78 is 11.2. The molecule has 0 radical (unpaired) electrons. The molecule has 4 heteroatoms. The number of aromatic nitrogens is 2. The number of hydrogen-bond donors (Lipinski definition) is 1. The molecule has 1 aliphatic rings. The van der Waals surface area contributed by atoms with Gasteiger partial charge in [0.1, 0.15) is 0 Å². The van der Waals surface area contributed by atoms with Crippen molar-refractivity contribution in [3.63, 3.8) is 0 Å². The van der Waals surface area contributed by atoms with Crippen molar-refractivity contribution in [2.24, 2.45) is 0 Å². The quantitative estimate of drug-likeness (QED) is 0.827. The normalized spacial score (nSPS) is 23.9. The van der Waals surface area contributed by atoms with Crippen molar-refractivity contribution >= 4 is 0 Å². The van der Waals surface area contributed by atoms with E-state index >= 15 is 0 Å². The first kappa shape index (κ1) is 10.6. The molecule has 2 atom stereocenters. The van der Waals surface area contributed by atoms with Crippen molar-refractivity contribution in [1.29, 1.82) is 0 Å². The van der Waals surface area contributed by atoms with Crippen molar-refractivity contribution in [3.05, 3.63) is 18.0 Å². The zero-order valence-corrected chi connectivity index (χ0v) is 9.11. The molecule has 15 heavy (non-hydrogen) atoms. The van der Waals surface area contributed by atoms with E-state index in [-0.39, 0.29) is 6.29 Å². The second-order valence-electron chi connectivity index (χ2n) is 4.04. The van der Waals surface area contributed by atoms with Crippen LogP contribution in [0.5, 0.6) is 0 Å². The minimum Gasteiger partial charge on any atom is -0.353 e. The molecule has 0 amide bonds. The molecule has 84 valence electrons. The fourth-order valence-electron chi connectivity index (χ4n) is 1.73. The van der Waals surface area contributed by atoms with E-state index in [1.165, 1.54) is 6.42 Å². The highest BCUT2D eigenvalue weighted by Crippen LogP contribution is 2.17. The third-order valence-electron chi connectivity index (χ3n) is 2.72. The predicted octanol–water partition coefficient (Wildman–Crippen LogP) is 2.06. The zero-order chi connectivity index (χ0) is 10.5. The van der Waals surface area contributed by atoms with Gasteiger partial charge in [0.2, 0.25) is 0 Å². The number of hydrogen-bond acceptors (Lipinski definition) is 3. The zero-order valence-electron chi connectivity index (χ0n) is 9.11.